The van der Waals surface area contributed by atoms with Gasteiger partial charge in [0.1, 0.15) is 5.82 Å². The zero-order chi connectivity index (χ0) is 13.8. The van der Waals surface area contributed by atoms with Crippen LogP contribution in [0.2, 0.25) is 0 Å². The number of amides is 1. The highest BCUT2D eigenvalue weighted by atomic mass is 79.9. The number of anilines is 1. The molecule has 0 aliphatic heterocycles. The Kier molecular flexibility index (Phi) is 4.29. The van der Waals surface area contributed by atoms with Crippen LogP contribution in [-0.2, 0) is 0 Å². The summed E-state index contributed by atoms with van der Waals surface area (Å²) in [6.45, 7) is 0. The summed E-state index contributed by atoms with van der Waals surface area (Å²) in [5.41, 5.74) is 0.780. The lowest BCUT2D eigenvalue weighted by Crippen LogP contribution is -2.13. The molecule has 1 amide bonds. The van der Waals surface area contributed by atoms with Gasteiger partial charge in [-0.15, -0.1) is 0 Å². The summed E-state index contributed by atoms with van der Waals surface area (Å²) in [4.78, 5) is 26.8. The van der Waals surface area contributed by atoms with Crippen molar-refractivity contribution in [2.75, 3.05) is 5.32 Å². The molecule has 2 rings (SSSR count). The van der Waals surface area contributed by atoms with E-state index in [-0.39, 0.29) is 11.5 Å². The summed E-state index contributed by atoms with van der Waals surface area (Å²) >= 11 is 8.60. The number of hydrogen-bond acceptors (Lipinski definition) is 3. The van der Waals surface area contributed by atoms with Crippen LogP contribution in [0.25, 0.3) is 0 Å². The Labute approximate surface area is 122 Å². The largest absolute Gasteiger partial charge is 0.307 e. The Bertz CT molecular complexity index is 629. The normalized spacial score (nSPS) is 10.0. The van der Waals surface area contributed by atoms with E-state index in [0.29, 0.717) is 15.9 Å². The van der Waals surface area contributed by atoms with Crippen LogP contribution in [-0.4, -0.2) is 16.1 Å². The monoisotopic (exact) mass is 338 g/mol. The van der Waals surface area contributed by atoms with Crippen molar-refractivity contribution >= 4 is 44.5 Å². The van der Waals surface area contributed by atoms with Crippen LogP contribution in [0.1, 0.15) is 20.7 Å². The maximum atomic E-state index is 12.0. The van der Waals surface area contributed by atoms with Crippen LogP contribution in [0.4, 0.5) is 5.82 Å². The van der Waals surface area contributed by atoms with E-state index in [1.54, 1.807) is 18.2 Å². The number of aromatic nitrogens is 1. The minimum atomic E-state index is -0.587. The molecule has 1 aromatic carbocycles. The van der Waals surface area contributed by atoms with Gasteiger partial charge >= 0.3 is 0 Å². The van der Waals surface area contributed by atoms with Crippen LogP contribution < -0.4 is 5.32 Å². The first kappa shape index (κ1) is 13.7. The van der Waals surface area contributed by atoms with Gasteiger partial charge in [-0.05, 0) is 51.8 Å². The fourth-order valence-electron chi connectivity index (χ4n) is 1.41. The number of hydrogen-bond donors (Lipinski definition) is 1. The number of halogens is 2. The predicted molar refractivity (Wildman–Crippen MR) is 76.5 cm³/mol. The molecule has 0 aliphatic rings. The SMILES string of the molecule is O=C(Cl)c1ccc(NC(=O)c2ccccc2Br)nc1. The molecule has 19 heavy (non-hydrogen) atoms. The van der Waals surface area contributed by atoms with Gasteiger partial charge in [-0.1, -0.05) is 12.1 Å². The van der Waals surface area contributed by atoms with Crippen LogP contribution in [0.5, 0.6) is 0 Å². The van der Waals surface area contributed by atoms with E-state index in [1.165, 1.54) is 18.3 Å². The molecule has 0 unspecified atom stereocenters. The lowest BCUT2D eigenvalue weighted by atomic mass is 10.2. The van der Waals surface area contributed by atoms with E-state index < -0.39 is 5.24 Å². The molecule has 1 N–H and O–H groups in total. The highest BCUT2D eigenvalue weighted by Crippen LogP contribution is 2.17. The molecule has 0 radical (unpaired) electrons. The van der Waals surface area contributed by atoms with E-state index in [9.17, 15) is 9.59 Å². The summed E-state index contributed by atoms with van der Waals surface area (Å²) in [6, 6.07) is 10.1. The van der Waals surface area contributed by atoms with Crippen molar-refractivity contribution in [1.82, 2.24) is 4.98 Å². The predicted octanol–water partition coefficient (Wildman–Crippen LogP) is 3.48. The lowest BCUT2D eigenvalue weighted by molar-refractivity contribution is 0.102. The number of pyridine rings is 1. The van der Waals surface area contributed by atoms with Crippen molar-refractivity contribution in [3.63, 3.8) is 0 Å². The zero-order valence-electron chi connectivity index (χ0n) is 9.56. The molecule has 0 atom stereocenters. The first-order valence-electron chi connectivity index (χ1n) is 5.29. The highest BCUT2D eigenvalue weighted by Gasteiger charge is 2.10. The fraction of sp³-hybridized carbons (Fsp3) is 0. The molecule has 0 aliphatic carbocycles. The number of benzene rings is 1. The van der Waals surface area contributed by atoms with Crippen LogP contribution >= 0.6 is 27.5 Å². The minimum absolute atomic E-state index is 0.278. The van der Waals surface area contributed by atoms with Gasteiger partial charge in [-0.2, -0.15) is 0 Å². The molecule has 96 valence electrons. The maximum Gasteiger partial charge on any atom is 0.257 e. The second kappa shape index (κ2) is 5.95. The average Bonchev–Trinajstić information content (AvgIpc) is 2.39. The number of rotatable bonds is 3. The fourth-order valence-corrected chi connectivity index (χ4v) is 1.99. The van der Waals surface area contributed by atoms with Crippen LogP contribution in [0.15, 0.2) is 47.1 Å². The van der Waals surface area contributed by atoms with Gasteiger partial charge in [0.15, 0.2) is 0 Å². The Morgan fingerprint density at radius 1 is 1.16 bits per heavy atom. The van der Waals surface area contributed by atoms with Crippen molar-refractivity contribution < 1.29 is 9.59 Å². The number of carbonyl (C=O) groups is 2. The zero-order valence-corrected chi connectivity index (χ0v) is 11.9. The number of nitrogens with zero attached hydrogens (tertiary/aromatic N) is 1. The summed E-state index contributed by atoms with van der Waals surface area (Å²) in [7, 11) is 0. The Hall–Kier alpha value is -1.72. The molecular weight excluding hydrogens is 332 g/mol. The quantitative estimate of drug-likeness (QED) is 0.871. The third-order valence-electron chi connectivity index (χ3n) is 2.35. The topological polar surface area (TPSA) is 59.1 Å². The molecule has 0 saturated carbocycles. The first-order valence-corrected chi connectivity index (χ1v) is 6.47. The maximum absolute atomic E-state index is 12.0. The van der Waals surface area contributed by atoms with Gasteiger partial charge in [0, 0.05) is 10.7 Å². The second-order valence-corrected chi connectivity index (χ2v) is 4.84. The van der Waals surface area contributed by atoms with Gasteiger partial charge < -0.3 is 5.32 Å². The van der Waals surface area contributed by atoms with Gasteiger partial charge in [-0.3, -0.25) is 9.59 Å². The molecule has 0 fully saturated rings. The molecule has 2 aromatic rings. The van der Waals surface area contributed by atoms with Crippen molar-refractivity contribution in [3.05, 3.63) is 58.2 Å². The summed E-state index contributed by atoms with van der Waals surface area (Å²) in [6.07, 6.45) is 1.31. The van der Waals surface area contributed by atoms with E-state index in [4.69, 9.17) is 11.6 Å². The summed E-state index contributed by atoms with van der Waals surface area (Å²) in [5, 5.41) is 2.04. The second-order valence-electron chi connectivity index (χ2n) is 3.64. The van der Waals surface area contributed by atoms with E-state index in [1.807, 2.05) is 6.07 Å². The molecule has 0 spiro atoms. The summed E-state index contributed by atoms with van der Waals surface area (Å²) in [5.74, 6) is 0.0624. The average molecular weight is 340 g/mol. The number of nitrogens with one attached hydrogen (secondary N) is 1. The van der Waals surface area contributed by atoms with Gasteiger partial charge in [0.05, 0.1) is 11.1 Å². The van der Waals surface area contributed by atoms with E-state index >= 15 is 0 Å². The molecule has 0 bridgehead atoms. The Balaban J connectivity index is 2.15. The van der Waals surface area contributed by atoms with Gasteiger partial charge in [-0.25, -0.2) is 4.98 Å². The van der Waals surface area contributed by atoms with E-state index in [2.05, 4.69) is 26.2 Å². The highest BCUT2D eigenvalue weighted by molar-refractivity contribution is 9.10. The molecule has 0 saturated heterocycles. The first-order chi connectivity index (χ1) is 9.08. The van der Waals surface area contributed by atoms with Crippen LogP contribution in [0.3, 0.4) is 0 Å². The molecule has 1 aromatic heterocycles. The Morgan fingerprint density at radius 2 is 1.89 bits per heavy atom. The van der Waals surface area contributed by atoms with Crippen LogP contribution in [0, 0.1) is 0 Å². The molecule has 6 heteroatoms. The molecule has 4 nitrogen and oxygen atoms in total. The van der Waals surface area contributed by atoms with Crippen molar-refractivity contribution in [2.45, 2.75) is 0 Å². The number of carbonyl (C=O) groups excluding carboxylic acids is 2. The van der Waals surface area contributed by atoms with Gasteiger partial charge in [0.25, 0.3) is 11.1 Å². The third-order valence-corrected chi connectivity index (χ3v) is 3.26. The van der Waals surface area contributed by atoms with Crippen molar-refractivity contribution in [2.24, 2.45) is 0 Å². The standard InChI is InChI=1S/C13H8BrClN2O2/c14-10-4-2-1-3-9(10)13(19)17-11-6-5-8(7-16-11)12(15)18/h1-7H,(H,16,17,19). The molecular formula is C13H8BrClN2O2. The lowest BCUT2D eigenvalue weighted by Gasteiger charge is -2.06. The third kappa shape index (κ3) is 3.39. The smallest absolute Gasteiger partial charge is 0.257 e. The van der Waals surface area contributed by atoms with Crippen molar-refractivity contribution in [3.8, 4) is 0 Å². The minimum Gasteiger partial charge on any atom is -0.307 e. The molecule has 1 heterocycles. The van der Waals surface area contributed by atoms with E-state index in [0.717, 1.165) is 0 Å². The summed E-state index contributed by atoms with van der Waals surface area (Å²) < 4.78 is 0.694. The Morgan fingerprint density at radius 3 is 2.47 bits per heavy atom. The van der Waals surface area contributed by atoms with Crippen molar-refractivity contribution in [1.29, 1.82) is 0 Å². The van der Waals surface area contributed by atoms with Gasteiger partial charge in [0.2, 0.25) is 0 Å².